The molecule has 1 atom stereocenters. The first-order valence-electron chi connectivity index (χ1n) is 4.51. The van der Waals surface area contributed by atoms with Crippen molar-refractivity contribution in [3.8, 4) is 6.07 Å². The van der Waals surface area contributed by atoms with Crippen LogP contribution in [0.5, 0.6) is 0 Å². The molecular formula is C11H14N2O. The van der Waals surface area contributed by atoms with Crippen LogP contribution in [0.25, 0.3) is 0 Å². The number of hydrogen-bond acceptors (Lipinski definition) is 3. The molecule has 1 unspecified atom stereocenters. The van der Waals surface area contributed by atoms with Gasteiger partial charge in [-0.05, 0) is 18.1 Å². The molecule has 2 N–H and O–H groups in total. The number of nitriles is 1. The Morgan fingerprint density at radius 2 is 2.21 bits per heavy atom. The van der Waals surface area contributed by atoms with Gasteiger partial charge in [0.1, 0.15) is 6.04 Å². The smallest absolute Gasteiger partial charge is 0.116 e. The summed E-state index contributed by atoms with van der Waals surface area (Å²) in [6.07, 6.45) is 0. The first-order chi connectivity index (χ1) is 6.74. The van der Waals surface area contributed by atoms with Gasteiger partial charge < -0.3 is 10.5 Å². The number of nitrogens with zero attached hydrogens (tertiary/aromatic N) is 1. The monoisotopic (exact) mass is 190 g/mol. The first-order valence-corrected chi connectivity index (χ1v) is 4.51. The van der Waals surface area contributed by atoms with E-state index < -0.39 is 6.04 Å². The van der Waals surface area contributed by atoms with E-state index >= 15 is 0 Å². The molecule has 1 aromatic carbocycles. The van der Waals surface area contributed by atoms with Crippen LogP contribution >= 0.6 is 0 Å². The lowest BCUT2D eigenvalue weighted by Gasteiger charge is -2.07. The van der Waals surface area contributed by atoms with Crippen molar-refractivity contribution in [2.24, 2.45) is 5.73 Å². The molecule has 0 fully saturated rings. The molecule has 3 nitrogen and oxygen atoms in total. The van der Waals surface area contributed by atoms with Crippen molar-refractivity contribution in [2.45, 2.75) is 19.6 Å². The summed E-state index contributed by atoms with van der Waals surface area (Å²) in [6.45, 7) is 2.83. The largest absolute Gasteiger partial charge is 0.374 e. The lowest BCUT2D eigenvalue weighted by Crippen LogP contribution is -2.23. The number of nitrogens with two attached hydrogens (primary N) is 1. The number of hydrogen-bond donors (Lipinski definition) is 1. The van der Waals surface area contributed by atoms with E-state index in [9.17, 15) is 0 Å². The van der Waals surface area contributed by atoms with Crippen molar-refractivity contribution in [1.29, 1.82) is 5.26 Å². The maximum Gasteiger partial charge on any atom is 0.116 e. The summed E-state index contributed by atoms with van der Waals surface area (Å²) in [5, 5.41) is 8.43. The third kappa shape index (κ3) is 3.17. The maximum absolute atomic E-state index is 8.43. The minimum atomic E-state index is -0.529. The van der Waals surface area contributed by atoms with E-state index in [0.717, 1.165) is 5.56 Å². The summed E-state index contributed by atoms with van der Waals surface area (Å²) in [6, 6.07) is 9.38. The fraction of sp³-hybridized carbons (Fsp3) is 0.364. The van der Waals surface area contributed by atoms with Gasteiger partial charge in [0.05, 0.1) is 19.3 Å². The van der Waals surface area contributed by atoms with Crippen molar-refractivity contribution < 1.29 is 4.74 Å². The molecule has 0 saturated heterocycles. The molecule has 1 rings (SSSR count). The van der Waals surface area contributed by atoms with Crippen LogP contribution in [-0.4, -0.2) is 12.6 Å². The van der Waals surface area contributed by atoms with Crippen LogP contribution < -0.4 is 5.73 Å². The quantitative estimate of drug-likeness (QED) is 0.779. The number of ether oxygens (including phenoxy) is 1. The molecule has 14 heavy (non-hydrogen) atoms. The summed E-state index contributed by atoms with van der Waals surface area (Å²) in [5.74, 6) is 0. The Balaban J connectivity index is 2.40. The minimum absolute atomic E-state index is 0.283. The third-order valence-electron chi connectivity index (χ3n) is 1.98. The van der Waals surface area contributed by atoms with Gasteiger partial charge in [-0.1, -0.05) is 24.3 Å². The number of aryl methyl sites for hydroxylation is 1. The SMILES string of the molecule is Cc1ccccc1COCC(N)C#N. The average molecular weight is 190 g/mol. The summed E-state index contributed by atoms with van der Waals surface area (Å²) >= 11 is 0. The molecule has 0 saturated carbocycles. The molecule has 0 heterocycles. The molecule has 0 aliphatic rings. The van der Waals surface area contributed by atoms with Crippen molar-refractivity contribution >= 4 is 0 Å². The predicted octanol–water partition coefficient (Wildman–Crippen LogP) is 1.36. The van der Waals surface area contributed by atoms with Crippen LogP contribution in [0, 0.1) is 18.3 Å². The van der Waals surface area contributed by atoms with Crippen molar-refractivity contribution in [3.05, 3.63) is 35.4 Å². The Labute approximate surface area is 84.1 Å². The highest BCUT2D eigenvalue weighted by Gasteiger charge is 2.01. The standard InChI is InChI=1S/C11H14N2O/c1-9-4-2-3-5-10(9)7-14-8-11(13)6-12/h2-5,11H,7-8,13H2,1H3. The Morgan fingerprint density at radius 1 is 1.50 bits per heavy atom. The van der Waals surface area contributed by atoms with E-state index in [1.807, 2.05) is 37.3 Å². The highest BCUT2D eigenvalue weighted by atomic mass is 16.5. The Hall–Kier alpha value is -1.37. The van der Waals surface area contributed by atoms with Crippen LogP contribution in [-0.2, 0) is 11.3 Å². The second-order valence-electron chi connectivity index (χ2n) is 3.18. The van der Waals surface area contributed by atoms with Gasteiger partial charge in [-0.25, -0.2) is 0 Å². The van der Waals surface area contributed by atoms with Gasteiger partial charge in [0.15, 0.2) is 0 Å². The van der Waals surface area contributed by atoms with Gasteiger partial charge in [0.25, 0.3) is 0 Å². The van der Waals surface area contributed by atoms with Crippen molar-refractivity contribution in [3.63, 3.8) is 0 Å². The van der Waals surface area contributed by atoms with Crippen LogP contribution in [0.4, 0.5) is 0 Å². The first kappa shape index (κ1) is 10.7. The van der Waals surface area contributed by atoms with Crippen LogP contribution in [0.1, 0.15) is 11.1 Å². The Morgan fingerprint density at radius 3 is 2.86 bits per heavy atom. The zero-order valence-corrected chi connectivity index (χ0v) is 8.23. The maximum atomic E-state index is 8.43. The van der Waals surface area contributed by atoms with Gasteiger partial charge in [-0.15, -0.1) is 0 Å². The van der Waals surface area contributed by atoms with E-state index in [1.54, 1.807) is 0 Å². The minimum Gasteiger partial charge on any atom is -0.374 e. The van der Waals surface area contributed by atoms with Crippen LogP contribution in [0.15, 0.2) is 24.3 Å². The highest BCUT2D eigenvalue weighted by molar-refractivity contribution is 5.24. The van der Waals surface area contributed by atoms with Gasteiger partial charge >= 0.3 is 0 Å². The summed E-state index contributed by atoms with van der Waals surface area (Å²) < 4.78 is 5.31. The van der Waals surface area contributed by atoms with Crippen LogP contribution in [0.3, 0.4) is 0 Å². The number of rotatable bonds is 4. The lowest BCUT2D eigenvalue weighted by molar-refractivity contribution is 0.117. The molecule has 0 aromatic heterocycles. The van der Waals surface area contributed by atoms with Gasteiger partial charge in [0, 0.05) is 0 Å². The van der Waals surface area contributed by atoms with E-state index in [4.69, 9.17) is 15.7 Å². The lowest BCUT2D eigenvalue weighted by atomic mass is 10.1. The fourth-order valence-electron chi connectivity index (χ4n) is 1.11. The summed E-state index contributed by atoms with van der Waals surface area (Å²) in [7, 11) is 0. The average Bonchev–Trinajstić information content (AvgIpc) is 2.20. The van der Waals surface area contributed by atoms with E-state index in [1.165, 1.54) is 5.56 Å². The Kier molecular flexibility index (Phi) is 4.11. The van der Waals surface area contributed by atoms with E-state index in [0.29, 0.717) is 6.61 Å². The second kappa shape index (κ2) is 5.38. The second-order valence-corrected chi connectivity index (χ2v) is 3.18. The molecule has 3 heteroatoms. The molecular weight excluding hydrogens is 176 g/mol. The number of benzene rings is 1. The van der Waals surface area contributed by atoms with Crippen LogP contribution in [0.2, 0.25) is 0 Å². The molecule has 1 aromatic rings. The molecule has 0 bridgehead atoms. The fourth-order valence-corrected chi connectivity index (χ4v) is 1.11. The third-order valence-corrected chi connectivity index (χ3v) is 1.98. The Bertz CT molecular complexity index is 330. The van der Waals surface area contributed by atoms with E-state index in [2.05, 4.69) is 0 Å². The molecule has 74 valence electrons. The normalized spacial score (nSPS) is 12.1. The molecule has 0 aliphatic heterocycles. The summed E-state index contributed by atoms with van der Waals surface area (Å²) in [4.78, 5) is 0. The predicted molar refractivity (Wildman–Crippen MR) is 54.4 cm³/mol. The highest BCUT2D eigenvalue weighted by Crippen LogP contribution is 2.07. The van der Waals surface area contributed by atoms with Gasteiger partial charge in [-0.3, -0.25) is 0 Å². The zero-order chi connectivity index (χ0) is 10.4. The summed E-state index contributed by atoms with van der Waals surface area (Å²) in [5.41, 5.74) is 7.72. The molecule has 0 amide bonds. The molecule has 0 spiro atoms. The van der Waals surface area contributed by atoms with E-state index in [-0.39, 0.29) is 6.61 Å². The van der Waals surface area contributed by atoms with Crippen molar-refractivity contribution in [2.75, 3.05) is 6.61 Å². The van der Waals surface area contributed by atoms with Gasteiger partial charge in [0.2, 0.25) is 0 Å². The molecule has 0 radical (unpaired) electrons. The zero-order valence-electron chi connectivity index (χ0n) is 8.23. The molecule has 0 aliphatic carbocycles. The topological polar surface area (TPSA) is 59.0 Å². The van der Waals surface area contributed by atoms with Crippen molar-refractivity contribution in [1.82, 2.24) is 0 Å². The van der Waals surface area contributed by atoms with Gasteiger partial charge in [-0.2, -0.15) is 5.26 Å².